The number of pyridine rings is 1. The van der Waals surface area contributed by atoms with Gasteiger partial charge in [0, 0.05) is 17.1 Å². The predicted molar refractivity (Wildman–Crippen MR) is 85.3 cm³/mol. The number of hydrogen-bond donors (Lipinski definition) is 0. The first-order valence-electron chi connectivity index (χ1n) is 7.22. The molecule has 1 nitrogen and oxygen atoms in total. The molecule has 0 N–H and O–H groups in total. The molecule has 4 aromatic rings. The predicted octanol–water partition coefficient (Wildman–Crippen LogP) is 5.78. The molecule has 114 valence electrons. The minimum absolute atomic E-state index is 0.211. The first kappa shape index (κ1) is 13.9. The number of halogens is 3. The van der Waals surface area contributed by atoms with Gasteiger partial charge in [-0.2, -0.15) is 13.2 Å². The van der Waals surface area contributed by atoms with Crippen LogP contribution >= 0.6 is 0 Å². The van der Waals surface area contributed by atoms with E-state index in [4.69, 9.17) is 0 Å². The van der Waals surface area contributed by atoms with Crippen molar-refractivity contribution in [3.05, 3.63) is 78.5 Å². The first-order chi connectivity index (χ1) is 11.1. The highest BCUT2D eigenvalue weighted by atomic mass is 19.4. The van der Waals surface area contributed by atoms with E-state index in [1.807, 2.05) is 4.40 Å². The van der Waals surface area contributed by atoms with Gasteiger partial charge < -0.3 is 4.40 Å². The number of para-hydroxylation sites is 1. The van der Waals surface area contributed by atoms with E-state index < -0.39 is 11.7 Å². The summed E-state index contributed by atoms with van der Waals surface area (Å²) in [4.78, 5) is 0. The average Bonchev–Trinajstić information content (AvgIpc) is 3.03. The summed E-state index contributed by atoms with van der Waals surface area (Å²) in [5, 5.41) is 0.211. The number of hydrogen-bond acceptors (Lipinski definition) is 0. The maximum Gasteiger partial charge on any atom is 0.417 e. The molecule has 0 amide bonds. The second-order valence-corrected chi connectivity index (χ2v) is 5.39. The van der Waals surface area contributed by atoms with E-state index in [-0.39, 0.29) is 10.9 Å². The zero-order chi connectivity index (χ0) is 16.0. The summed E-state index contributed by atoms with van der Waals surface area (Å²) in [7, 11) is 0. The Labute approximate surface area is 130 Å². The maximum atomic E-state index is 13.9. The van der Waals surface area contributed by atoms with E-state index in [1.54, 1.807) is 66.9 Å². The second-order valence-electron chi connectivity index (χ2n) is 5.39. The zero-order valence-corrected chi connectivity index (χ0v) is 12.0. The number of rotatable bonds is 1. The molecule has 2 heterocycles. The average molecular weight is 311 g/mol. The van der Waals surface area contributed by atoms with E-state index in [2.05, 4.69) is 0 Å². The van der Waals surface area contributed by atoms with Crippen molar-refractivity contribution in [2.24, 2.45) is 0 Å². The molecule has 4 rings (SSSR count). The van der Waals surface area contributed by atoms with Gasteiger partial charge in [0.25, 0.3) is 0 Å². The minimum Gasteiger partial charge on any atom is -0.316 e. The van der Waals surface area contributed by atoms with Crippen molar-refractivity contribution in [2.75, 3.05) is 0 Å². The molecule has 0 aliphatic heterocycles. The molecule has 0 bridgehead atoms. The molecule has 2 aromatic carbocycles. The van der Waals surface area contributed by atoms with Crippen molar-refractivity contribution >= 4 is 16.4 Å². The fourth-order valence-corrected chi connectivity index (χ4v) is 3.14. The van der Waals surface area contributed by atoms with Crippen molar-refractivity contribution in [3.8, 4) is 11.1 Å². The Morgan fingerprint density at radius 3 is 2.09 bits per heavy atom. The van der Waals surface area contributed by atoms with Gasteiger partial charge in [0.05, 0.1) is 16.6 Å². The molecule has 0 saturated carbocycles. The molecular weight excluding hydrogens is 299 g/mol. The minimum atomic E-state index is -4.43. The van der Waals surface area contributed by atoms with Crippen LogP contribution in [0.2, 0.25) is 0 Å². The van der Waals surface area contributed by atoms with Gasteiger partial charge in [0.15, 0.2) is 0 Å². The summed E-state index contributed by atoms with van der Waals surface area (Å²) < 4.78 is 43.5. The third-order valence-corrected chi connectivity index (χ3v) is 4.03. The van der Waals surface area contributed by atoms with Crippen LogP contribution in [0, 0.1) is 0 Å². The SMILES string of the molecule is FC(F)(F)c1c(-c2ccccc2)c2cccn2c2ccccc12. The Bertz CT molecular complexity index is 998. The van der Waals surface area contributed by atoms with Crippen LogP contribution in [0.4, 0.5) is 13.2 Å². The largest absolute Gasteiger partial charge is 0.417 e. The number of benzene rings is 2. The normalized spacial score (nSPS) is 12.1. The molecule has 0 saturated heterocycles. The Hall–Kier alpha value is -2.75. The van der Waals surface area contributed by atoms with Crippen LogP contribution in [0.1, 0.15) is 5.56 Å². The van der Waals surface area contributed by atoms with Crippen LogP contribution in [-0.2, 0) is 6.18 Å². The summed E-state index contributed by atoms with van der Waals surface area (Å²) in [6, 6.07) is 18.9. The molecule has 0 fully saturated rings. The van der Waals surface area contributed by atoms with Gasteiger partial charge in [0.2, 0.25) is 0 Å². The molecule has 0 aliphatic carbocycles. The van der Waals surface area contributed by atoms with Gasteiger partial charge in [0.1, 0.15) is 0 Å². The highest BCUT2D eigenvalue weighted by Crippen LogP contribution is 2.43. The second kappa shape index (κ2) is 4.88. The van der Waals surface area contributed by atoms with Crippen molar-refractivity contribution in [1.82, 2.24) is 4.40 Å². The lowest BCUT2D eigenvalue weighted by atomic mass is 9.95. The van der Waals surface area contributed by atoms with E-state index in [0.29, 0.717) is 16.6 Å². The van der Waals surface area contributed by atoms with Crippen molar-refractivity contribution < 1.29 is 13.2 Å². The lowest BCUT2D eigenvalue weighted by Crippen LogP contribution is -2.10. The van der Waals surface area contributed by atoms with Gasteiger partial charge in [-0.25, -0.2) is 0 Å². The molecular formula is C19H12F3N. The van der Waals surface area contributed by atoms with E-state index in [0.717, 1.165) is 0 Å². The molecule has 23 heavy (non-hydrogen) atoms. The van der Waals surface area contributed by atoms with Crippen LogP contribution in [0.3, 0.4) is 0 Å². The topological polar surface area (TPSA) is 4.41 Å². The number of alkyl halides is 3. The fourth-order valence-electron chi connectivity index (χ4n) is 3.14. The monoisotopic (exact) mass is 311 g/mol. The highest BCUT2D eigenvalue weighted by molar-refractivity contribution is 5.98. The van der Waals surface area contributed by atoms with E-state index in [1.165, 1.54) is 6.07 Å². The summed E-state index contributed by atoms with van der Waals surface area (Å²) in [6.07, 6.45) is -2.64. The Balaban J connectivity index is 2.28. The molecule has 4 heteroatoms. The van der Waals surface area contributed by atoms with E-state index in [9.17, 15) is 13.2 Å². The van der Waals surface area contributed by atoms with Crippen LogP contribution in [0.5, 0.6) is 0 Å². The van der Waals surface area contributed by atoms with Crippen LogP contribution in [0.15, 0.2) is 72.9 Å². The van der Waals surface area contributed by atoms with Crippen molar-refractivity contribution in [1.29, 1.82) is 0 Å². The Morgan fingerprint density at radius 2 is 1.35 bits per heavy atom. The number of aromatic nitrogens is 1. The lowest BCUT2D eigenvalue weighted by Gasteiger charge is -2.19. The third-order valence-electron chi connectivity index (χ3n) is 4.03. The quantitative estimate of drug-likeness (QED) is 0.420. The van der Waals surface area contributed by atoms with Gasteiger partial charge in [-0.3, -0.25) is 0 Å². The fraction of sp³-hybridized carbons (Fsp3) is 0.0526. The van der Waals surface area contributed by atoms with E-state index >= 15 is 0 Å². The summed E-state index contributed by atoms with van der Waals surface area (Å²) >= 11 is 0. The maximum absolute atomic E-state index is 13.9. The Morgan fingerprint density at radius 1 is 0.696 bits per heavy atom. The lowest BCUT2D eigenvalue weighted by molar-refractivity contribution is -0.135. The number of nitrogens with zero attached hydrogens (tertiary/aromatic N) is 1. The first-order valence-corrected chi connectivity index (χ1v) is 7.22. The molecule has 2 aromatic heterocycles. The van der Waals surface area contributed by atoms with Gasteiger partial charge in [-0.1, -0.05) is 48.5 Å². The van der Waals surface area contributed by atoms with Crippen LogP contribution < -0.4 is 0 Å². The molecule has 0 spiro atoms. The summed E-state index contributed by atoms with van der Waals surface area (Å²) in [5.41, 5.74) is 1.32. The number of fused-ring (bicyclic) bond motifs is 3. The zero-order valence-electron chi connectivity index (χ0n) is 12.0. The molecule has 0 radical (unpaired) electrons. The third kappa shape index (κ3) is 2.10. The molecule has 0 unspecified atom stereocenters. The van der Waals surface area contributed by atoms with Crippen LogP contribution in [0.25, 0.3) is 27.5 Å². The summed E-state index contributed by atoms with van der Waals surface area (Å²) in [6.45, 7) is 0. The summed E-state index contributed by atoms with van der Waals surface area (Å²) in [5.74, 6) is 0. The van der Waals surface area contributed by atoms with Crippen LogP contribution in [-0.4, -0.2) is 4.40 Å². The molecule has 0 aliphatic rings. The standard InChI is InChI=1S/C19H12F3N/c20-19(21,22)18-14-9-4-5-10-15(14)23-12-6-11-16(23)17(18)13-7-2-1-3-8-13/h1-12H. The van der Waals surface area contributed by atoms with Crippen molar-refractivity contribution in [2.45, 2.75) is 6.18 Å². The Kier molecular flexibility index (Phi) is 2.94. The smallest absolute Gasteiger partial charge is 0.316 e. The van der Waals surface area contributed by atoms with Gasteiger partial charge >= 0.3 is 6.18 Å². The van der Waals surface area contributed by atoms with Gasteiger partial charge in [-0.15, -0.1) is 0 Å². The molecule has 0 atom stereocenters. The van der Waals surface area contributed by atoms with Crippen molar-refractivity contribution in [3.63, 3.8) is 0 Å². The highest BCUT2D eigenvalue weighted by Gasteiger charge is 2.37. The van der Waals surface area contributed by atoms with Gasteiger partial charge in [-0.05, 0) is 23.8 Å².